The van der Waals surface area contributed by atoms with Crippen LogP contribution in [0.3, 0.4) is 0 Å². The number of ether oxygens (including phenoxy) is 2. The van der Waals surface area contributed by atoms with Crippen LogP contribution in [0.25, 0.3) is 0 Å². The summed E-state index contributed by atoms with van der Waals surface area (Å²) < 4.78 is 23.7. The summed E-state index contributed by atoms with van der Waals surface area (Å²) in [7, 11) is 1.65. The largest absolute Gasteiger partial charge is 0.497 e. The van der Waals surface area contributed by atoms with Crippen LogP contribution in [0.1, 0.15) is 11.1 Å². The zero-order chi connectivity index (χ0) is 13.7. The lowest BCUT2D eigenvalue weighted by molar-refractivity contribution is 0.319. The van der Waals surface area contributed by atoms with Gasteiger partial charge in [0.1, 0.15) is 17.3 Å². The number of hydrogen-bond donors (Lipinski definition) is 0. The van der Waals surface area contributed by atoms with Gasteiger partial charge in [0.05, 0.1) is 13.7 Å². The van der Waals surface area contributed by atoms with Gasteiger partial charge in [0.25, 0.3) is 0 Å². The molecule has 0 aromatic heterocycles. The fourth-order valence-corrected chi connectivity index (χ4v) is 1.85. The van der Waals surface area contributed by atoms with Crippen molar-refractivity contribution in [3.05, 3.63) is 59.4 Å². The molecule has 0 amide bonds. The van der Waals surface area contributed by atoms with Gasteiger partial charge in [-0.3, -0.25) is 0 Å². The molecule has 0 bridgehead atoms. The van der Waals surface area contributed by atoms with Gasteiger partial charge >= 0.3 is 0 Å². The minimum Gasteiger partial charge on any atom is -0.497 e. The molecular formula is C16H17FO2. The molecule has 100 valence electrons. The van der Waals surface area contributed by atoms with E-state index in [-0.39, 0.29) is 5.82 Å². The maximum atomic E-state index is 12.9. The second-order valence-electron chi connectivity index (χ2n) is 4.36. The van der Waals surface area contributed by atoms with Gasteiger partial charge < -0.3 is 9.47 Å². The molecule has 19 heavy (non-hydrogen) atoms. The molecular weight excluding hydrogens is 243 g/mol. The lowest BCUT2D eigenvalue weighted by atomic mass is 10.1. The van der Waals surface area contributed by atoms with Crippen LogP contribution in [0.15, 0.2) is 42.5 Å². The molecule has 0 spiro atoms. The van der Waals surface area contributed by atoms with E-state index in [9.17, 15) is 4.39 Å². The van der Waals surface area contributed by atoms with Crippen LogP contribution in [-0.4, -0.2) is 13.7 Å². The molecule has 2 rings (SSSR count). The van der Waals surface area contributed by atoms with E-state index >= 15 is 0 Å². The zero-order valence-corrected chi connectivity index (χ0v) is 11.2. The molecule has 0 aliphatic carbocycles. The van der Waals surface area contributed by atoms with E-state index in [1.165, 1.54) is 17.7 Å². The Morgan fingerprint density at radius 2 is 1.79 bits per heavy atom. The first-order chi connectivity index (χ1) is 9.19. The molecule has 0 heterocycles. The molecule has 0 saturated heterocycles. The Morgan fingerprint density at radius 3 is 2.42 bits per heavy atom. The summed E-state index contributed by atoms with van der Waals surface area (Å²) in [4.78, 5) is 0. The smallest absolute Gasteiger partial charge is 0.123 e. The molecule has 0 fully saturated rings. The summed E-state index contributed by atoms with van der Waals surface area (Å²) in [5.41, 5.74) is 2.00. The highest BCUT2D eigenvalue weighted by Crippen LogP contribution is 2.19. The molecule has 0 aliphatic rings. The Hall–Kier alpha value is -2.03. The van der Waals surface area contributed by atoms with Crippen molar-refractivity contribution in [1.82, 2.24) is 0 Å². The molecule has 0 unspecified atom stereocenters. The van der Waals surface area contributed by atoms with Crippen molar-refractivity contribution in [3.8, 4) is 11.5 Å². The van der Waals surface area contributed by atoms with Crippen LogP contribution in [-0.2, 0) is 6.42 Å². The maximum absolute atomic E-state index is 12.9. The highest BCUT2D eigenvalue weighted by molar-refractivity contribution is 5.32. The summed E-state index contributed by atoms with van der Waals surface area (Å²) in [6.45, 7) is 2.41. The fourth-order valence-electron chi connectivity index (χ4n) is 1.85. The second-order valence-corrected chi connectivity index (χ2v) is 4.36. The van der Waals surface area contributed by atoms with Gasteiger partial charge in [0, 0.05) is 6.42 Å². The van der Waals surface area contributed by atoms with E-state index in [0.29, 0.717) is 6.61 Å². The monoisotopic (exact) mass is 260 g/mol. The number of rotatable bonds is 5. The first-order valence-electron chi connectivity index (χ1n) is 6.21. The Labute approximate surface area is 112 Å². The summed E-state index contributed by atoms with van der Waals surface area (Å²) >= 11 is 0. The Morgan fingerprint density at radius 1 is 1.05 bits per heavy atom. The predicted octanol–water partition coefficient (Wildman–Crippen LogP) is 3.76. The third kappa shape index (κ3) is 3.71. The number of hydrogen-bond acceptors (Lipinski definition) is 2. The highest BCUT2D eigenvalue weighted by Gasteiger charge is 2.01. The van der Waals surface area contributed by atoms with Gasteiger partial charge in [-0.15, -0.1) is 0 Å². The SMILES string of the molecule is COc1ccc(CCOc2ccc(F)cc2C)cc1. The van der Waals surface area contributed by atoms with Crippen LogP contribution in [0.5, 0.6) is 11.5 Å². The van der Waals surface area contributed by atoms with E-state index in [1.54, 1.807) is 13.2 Å². The number of aryl methyl sites for hydroxylation is 1. The normalized spacial score (nSPS) is 10.3. The third-order valence-electron chi connectivity index (χ3n) is 2.94. The molecule has 0 saturated carbocycles. The van der Waals surface area contributed by atoms with Crippen LogP contribution in [0, 0.1) is 12.7 Å². The topological polar surface area (TPSA) is 18.5 Å². The molecule has 2 nitrogen and oxygen atoms in total. The molecule has 0 aliphatic heterocycles. The third-order valence-corrected chi connectivity index (χ3v) is 2.94. The standard InChI is InChI=1S/C16H17FO2/c1-12-11-14(17)5-8-16(12)19-10-9-13-3-6-15(18-2)7-4-13/h3-8,11H,9-10H2,1-2H3. The van der Waals surface area contributed by atoms with Gasteiger partial charge in [0.15, 0.2) is 0 Å². The van der Waals surface area contributed by atoms with Crippen molar-refractivity contribution in [3.63, 3.8) is 0 Å². The number of methoxy groups -OCH3 is 1. The average molecular weight is 260 g/mol. The van der Waals surface area contributed by atoms with Crippen molar-refractivity contribution in [2.24, 2.45) is 0 Å². The summed E-state index contributed by atoms with van der Waals surface area (Å²) in [5, 5.41) is 0. The van der Waals surface area contributed by atoms with Gasteiger partial charge in [-0.25, -0.2) is 4.39 Å². The molecule has 0 atom stereocenters. The first kappa shape index (κ1) is 13.4. The van der Waals surface area contributed by atoms with E-state index in [4.69, 9.17) is 9.47 Å². The Balaban J connectivity index is 1.88. The summed E-state index contributed by atoms with van der Waals surface area (Å²) in [6.07, 6.45) is 0.806. The maximum Gasteiger partial charge on any atom is 0.123 e. The lowest BCUT2D eigenvalue weighted by Crippen LogP contribution is -2.02. The van der Waals surface area contributed by atoms with Crippen LogP contribution in [0.4, 0.5) is 4.39 Å². The number of halogens is 1. The van der Waals surface area contributed by atoms with Crippen molar-refractivity contribution < 1.29 is 13.9 Å². The van der Waals surface area contributed by atoms with Gasteiger partial charge in [-0.1, -0.05) is 12.1 Å². The highest BCUT2D eigenvalue weighted by atomic mass is 19.1. The van der Waals surface area contributed by atoms with Crippen LogP contribution in [0.2, 0.25) is 0 Å². The van der Waals surface area contributed by atoms with Gasteiger partial charge in [0.2, 0.25) is 0 Å². The summed E-state index contributed by atoms with van der Waals surface area (Å²) in [5.74, 6) is 1.34. The molecule has 3 heteroatoms. The predicted molar refractivity (Wildman–Crippen MR) is 73.3 cm³/mol. The Bertz CT molecular complexity index is 535. The molecule has 0 radical (unpaired) electrons. The molecule has 2 aromatic carbocycles. The van der Waals surface area contributed by atoms with E-state index in [0.717, 1.165) is 23.5 Å². The molecule has 2 aromatic rings. The quantitative estimate of drug-likeness (QED) is 0.814. The Kier molecular flexibility index (Phi) is 4.39. The summed E-state index contributed by atoms with van der Waals surface area (Å²) in [6, 6.07) is 12.4. The van der Waals surface area contributed by atoms with E-state index < -0.39 is 0 Å². The molecule has 0 N–H and O–H groups in total. The first-order valence-corrected chi connectivity index (χ1v) is 6.21. The van der Waals surface area contributed by atoms with E-state index in [1.807, 2.05) is 31.2 Å². The van der Waals surface area contributed by atoms with Gasteiger partial charge in [-0.05, 0) is 48.4 Å². The zero-order valence-electron chi connectivity index (χ0n) is 11.2. The van der Waals surface area contributed by atoms with E-state index in [2.05, 4.69) is 0 Å². The van der Waals surface area contributed by atoms with Crippen molar-refractivity contribution >= 4 is 0 Å². The minimum atomic E-state index is -0.236. The van der Waals surface area contributed by atoms with Crippen molar-refractivity contribution in [1.29, 1.82) is 0 Å². The average Bonchev–Trinajstić information content (AvgIpc) is 2.42. The van der Waals surface area contributed by atoms with Gasteiger partial charge in [-0.2, -0.15) is 0 Å². The van der Waals surface area contributed by atoms with Crippen LogP contribution < -0.4 is 9.47 Å². The van der Waals surface area contributed by atoms with Crippen molar-refractivity contribution in [2.45, 2.75) is 13.3 Å². The van der Waals surface area contributed by atoms with Crippen LogP contribution >= 0.6 is 0 Å². The van der Waals surface area contributed by atoms with Crippen molar-refractivity contribution in [2.75, 3.05) is 13.7 Å². The number of benzene rings is 2. The lowest BCUT2D eigenvalue weighted by Gasteiger charge is -2.09. The second kappa shape index (κ2) is 6.23. The fraction of sp³-hybridized carbons (Fsp3) is 0.250. The minimum absolute atomic E-state index is 0.236.